The molecule has 3 nitrogen and oxygen atoms in total. The van der Waals surface area contributed by atoms with Crippen LogP contribution >= 0.6 is 0 Å². The Morgan fingerprint density at radius 2 is 2.31 bits per heavy atom. The number of hydrogen-bond acceptors (Lipinski definition) is 3. The van der Waals surface area contributed by atoms with Crippen molar-refractivity contribution >= 4 is 5.82 Å². The topological polar surface area (TPSA) is 34.2 Å². The van der Waals surface area contributed by atoms with E-state index in [1.54, 1.807) is 6.20 Å². The van der Waals surface area contributed by atoms with Gasteiger partial charge < -0.3 is 10.1 Å². The highest BCUT2D eigenvalue weighted by molar-refractivity contribution is 5.49. The van der Waals surface area contributed by atoms with Crippen molar-refractivity contribution in [2.75, 3.05) is 18.5 Å². The number of rotatable bonds is 5. The van der Waals surface area contributed by atoms with E-state index in [-0.39, 0.29) is 0 Å². The van der Waals surface area contributed by atoms with Crippen LogP contribution in [-0.2, 0) is 0 Å². The molecule has 0 spiro atoms. The van der Waals surface area contributed by atoms with Gasteiger partial charge in [0.1, 0.15) is 0 Å². The third kappa shape index (κ3) is 2.93. The number of nitrogens with zero attached hydrogens (tertiary/aromatic N) is 1. The van der Waals surface area contributed by atoms with Gasteiger partial charge in [0, 0.05) is 12.7 Å². The van der Waals surface area contributed by atoms with Gasteiger partial charge in [0.15, 0.2) is 11.6 Å². The van der Waals surface area contributed by atoms with Crippen LogP contribution in [-0.4, -0.2) is 18.1 Å². The molecule has 0 bridgehead atoms. The van der Waals surface area contributed by atoms with E-state index < -0.39 is 0 Å². The Hall–Kier alpha value is -1.25. The van der Waals surface area contributed by atoms with Crippen molar-refractivity contribution in [3.63, 3.8) is 0 Å². The Kier molecular flexibility index (Phi) is 4.09. The van der Waals surface area contributed by atoms with E-state index >= 15 is 0 Å². The van der Waals surface area contributed by atoms with Gasteiger partial charge in [0.25, 0.3) is 0 Å². The minimum atomic E-state index is 0.673. The first-order valence-corrected chi connectivity index (χ1v) is 4.70. The SMILES string of the molecule is CCCNc1ncccc1OCC. The van der Waals surface area contributed by atoms with Gasteiger partial charge in [-0.25, -0.2) is 4.98 Å². The van der Waals surface area contributed by atoms with E-state index in [2.05, 4.69) is 17.2 Å². The Morgan fingerprint density at radius 3 is 3.00 bits per heavy atom. The van der Waals surface area contributed by atoms with Crippen LogP contribution in [0.25, 0.3) is 0 Å². The number of anilines is 1. The number of hydrogen-bond donors (Lipinski definition) is 1. The molecule has 3 heteroatoms. The van der Waals surface area contributed by atoms with E-state index in [0.717, 1.165) is 24.5 Å². The van der Waals surface area contributed by atoms with Gasteiger partial charge in [0.2, 0.25) is 0 Å². The first-order chi connectivity index (χ1) is 6.38. The lowest BCUT2D eigenvalue weighted by Crippen LogP contribution is -2.04. The largest absolute Gasteiger partial charge is 0.490 e. The second-order valence-electron chi connectivity index (χ2n) is 2.71. The summed E-state index contributed by atoms with van der Waals surface area (Å²) in [7, 11) is 0. The Balaban J connectivity index is 2.66. The summed E-state index contributed by atoms with van der Waals surface area (Å²) in [6.07, 6.45) is 2.85. The normalized spacial score (nSPS) is 9.69. The fourth-order valence-corrected chi connectivity index (χ4v) is 1.04. The smallest absolute Gasteiger partial charge is 0.168 e. The lowest BCUT2D eigenvalue weighted by Gasteiger charge is -2.09. The van der Waals surface area contributed by atoms with E-state index in [0.29, 0.717) is 6.61 Å². The molecule has 0 aliphatic heterocycles. The summed E-state index contributed by atoms with van der Waals surface area (Å²) in [5, 5.41) is 3.21. The zero-order chi connectivity index (χ0) is 9.52. The maximum absolute atomic E-state index is 5.41. The summed E-state index contributed by atoms with van der Waals surface area (Å²) in [6, 6.07) is 3.80. The molecular formula is C10H16N2O. The van der Waals surface area contributed by atoms with Crippen molar-refractivity contribution in [1.29, 1.82) is 0 Å². The van der Waals surface area contributed by atoms with Crippen LogP contribution in [0, 0.1) is 0 Å². The summed E-state index contributed by atoms with van der Waals surface area (Å²) in [5.41, 5.74) is 0. The molecule has 13 heavy (non-hydrogen) atoms. The molecule has 1 aromatic heterocycles. The van der Waals surface area contributed by atoms with Crippen LogP contribution < -0.4 is 10.1 Å². The lowest BCUT2D eigenvalue weighted by atomic mass is 10.4. The monoisotopic (exact) mass is 180 g/mol. The molecule has 0 fully saturated rings. The summed E-state index contributed by atoms with van der Waals surface area (Å²) >= 11 is 0. The van der Waals surface area contributed by atoms with Crippen LogP contribution in [0.1, 0.15) is 20.3 Å². The summed E-state index contributed by atoms with van der Waals surface area (Å²) in [5.74, 6) is 1.67. The average molecular weight is 180 g/mol. The van der Waals surface area contributed by atoms with Crippen molar-refractivity contribution in [1.82, 2.24) is 4.98 Å². The minimum absolute atomic E-state index is 0.673. The summed E-state index contributed by atoms with van der Waals surface area (Å²) < 4.78 is 5.41. The first kappa shape index (κ1) is 9.84. The molecule has 1 N–H and O–H groups in total. The zero-order valence-electron chi connectivity index (χ0n) is 8.21. The average Bonchev–Trinajstić information content (AvgIpc) is 2.17. The first-order valence-electron chi connectivity index (χ1n) is 4.70. The predicted octanol–water partition coefficient (Wildman–Crippen LogP) is 2.30. The van der Waals surface area contributed by atoms with E-state index in [4.69, 9.17) is 4.74 Å². The van der Waals surface area contributed by atoms with E-state index in [9.17, 15) is 0 Å². The predicted molar refractivity (Wildman–Crippen MR) is 54.2 cm³/mol. The highest BCUT2D eigenvalue weighted by Gasteiger charge is 2.01. The fourth-order valence-electron chi connectivity index (χ4n) is 1.04. The standard InChI is InChI=1S/C10H16N2O/c1-3-7-11-10-9(13-4-2)6-5-8-12-10/h5-6,8H,3-4,7H2,1-2H3,(H,11,12). The van der Waals surface area contributed by atoms with Crippen molar-refractivity contribution in [3.8, 4) is 5.75 Å². The van der Waals surface area contributed by atoms with Gasteiger partial charge in [-0.05, 0) is 25.5 Å². The molecule has 0 saturated carbocycles. The molecule has 0 atom stereocenters. The zero-order valence-corrected chi connectivity index (χ0v) is 8.21. The van der Waals surface area contributed by atoms with Crippen LogP contribution in [0.15, 0.2) is 18.3 Å². The third-order valence-electron chi connectivity index (χ3n) is 1.61. The Bertz CT molecular complexity index is 250. The molecule has 0 saturated heterocycles. The quantitative estimate of drug-likeness (QED) is 0.755. The second kappa shape index (κ2) is 5.41. The molecule has 0 radical (unpaired) electrons. The Morgan fingerprint density at radius 1 is 1.46 bits per heavy atom. The van der Waals surface area contributed by atoms with E-state index in [1.807, 2.05) is 19.1 Å². The highest BCUT2D eigenvalue weighted by atomic mass is 16.5. The van der Waals surface area contributed by atoms with Crippen molar-refractivity contribution in [2.24, 2.45) is 0 Å². The summed E-state index contributed by atoms with van der Waals surface area (Å²) in [6.45, 7) is 5.69. The highest BCUT2D eigenvalue weighted by Crippen LogP contribution is 2.20. The summed E-state index contributed by atoms with van der Waals surface area (Å²) in [4.78, 5) is 4.20. The van der Waals surface area contributed by atoms with Crippen LogP contribution in [0.3, 0.4) is 0 Å². The van der Waals surface area contributed by atoms with Crippen LogP contribution in [0.2, 0.25) is 0 Å². The van der Waals surface area contributed by atoms with Crippen molar-refractivity contribution < 1.29 is 4.74 Å². The fraction of sp³-hybridized carbons (Fsp3) is 0.500. The molecule has 0 aliphatic carbocycles. The van der Waals surface area contributed by atoms with Gasteiger partial charge in [0.05, 0.1) is 6.61 Å². The molecule has 0 aliphatic rings. The van der Waals surface area contributed by atoms with Gasteiger partial charge in [-0.3, -0.25) is 0 Å². The Labute approximate surface area is 79.1 Å². The third-order valence-corrected chi connectivity index (χ3v) is 1.61. The van der Waals surface area contributed by atoms with Crippen LogP contribution in [0.4, 0.5) is 5.82 Å². The molecule has 0 unspecified atom stereocenters. The molecule has 1 rings (SSSR count). The minimum Gasteiger partial charge on any atom is -0.490 e. The number of aromatic nitrogens is 1. The maximum atomic E-state index is 5.41. The number of nitrogens with one attached hydrogen (secondary N) is 1. The molecule has 1 heterocycles. The van der Waals surface area contributed by atoms with Gasteiger partial charge in [-0.15, -0.1) is 0 Å². The number of pyridine rings is 1. The maximum Gasteiger partial charge on any atom is 0.168 e. The van der Waals surface area contributed by atoms with Gasteiger partial charge in [-0.1, -0.05) is 6.92 Å². The van der Waals surface area contributed by atoms with Crippen LogP contribution in [0.5, 0.6) is 5.75 Å². The molecule has 0 aromatic carbocycles. The van der Waals surface area contributed by atoms with E-state index in [1.165, 1.54) is 0 Å². The van der Waals surface area contributed by atoms with Crippen molar-refractivity contribution in [3.05, 3.63) is 18.3 Å². The van der Waals surface area contributed by atoms with Crippen molar-refractivity contribution in [2.45, 2.75) is 20.3 Å². The second-order valence-corrected chi connectivity index (χ2v) is 2.71. The van der Waals surface area contributed by atoms with Gasteiger partial charge in [-0.2, -0.15) is 0 Å². The molecule has 0 amide bonds. The number of ether oxygens (including phenoxy) is 1. The molecule has 72 valence electrons. The lowest BCUT2D eigenvalue weighted by molar-refractivity contribution is 0.340. The molecular weight excluding hydrogens is 164 g/mol. The molecule has 1 aromatic rings. The van der Waals surface area contributed by atoms with Gasteiger partial charge >= 0.3 is 0 Å².